The van der Waals surface area contributed by atoms with Gasteiger partial charge < -0.3 is 4.74 Å². The minimum atomic E-state index is -3.74. The molecule has 4 nitrogen and oxygen atoms in total. The van der Waals surface area contributed by atoms with Gasteiger partial charge in [-0.25, -0.2) is 13.4 Å². The van der Waals surface area contributed by atoms with Crippen LogP contribution in [0.4, 0.5) is 0 Å². The normalized spacial score (nSPS) is 11.8. The molecule has 24 heavy (non-hydrogen) atoms. The van der Waals surface area contributed by atoms with Crippen molar-refractivity contribution in [2.75, 3.05) is 6.61 Å². The van der Waals surface area contributed by atoms with Gasteiger partial charge in [-0.2, -0.15) is 0 Å². The maximum atomic E-state index is 13.3. The maximum absolute atomic E-state index is 13.3. The molecule has 0 aliphatic heterocycles. The van der Waals surface area contributed by atoms with Crippen LogP contribution in [0, 0.1) is 26.7 Å². The molecule has 0 aliphatic carbocycles. The van der Waals surface area contributed by atoms with E-state index in [1.807, 2.05) is 26.8 Å². The summed E-state index contributed by atoms with van der Waals surface area (Å²) in [5, 5.41) is 0. The molecule has 6 heteroatoms. The smallest absolute Gasteiger partial charge is 0.233 e. The molecule has 2 aromatic rings. The van der Waals surface area contributed by atoms with Crippen molar-refractivity contribution in [3.8, 4) is 5.88 Å². The summed E-state index contributed by atoms with van der Waals surface area (Å²) in [6, 6.07) is 6.92. The Morgan fingerprint density at radius 1 is 1.21 bits per heavy atom. The number of hydrogen-bond acceptors (Lipinski definition) is 4. The Morgan fingerprint density at radius 3 is 2.50 bits per heavy atom. The number of hydrogen-bond donors (Lipinski definition) is 0. The van der Waals surface area contributed by atoms with Gasteiger partial charge in [0.1, 0.15) is 4.90 Å². The van der Waals surface area contributed by atoms with Crippen molar-refractivity contribution >= 4 is 25.8 Å². The zero-order chi connectivity index (χ0) is 18.1. The Balaban J connectivity index is 2.67. The van der Waals surface area contributed by atoms with Crippen molar-refractivity contribution in [3.05, 3.63) is 45.6 Å². The summed E-state index contributed by atoms with van der Waals surface area (Å²) in [6.45, 7) is 9.82. The summed E-state index contributed by atoms with van der Waals surface area (Å²) >= 11 is 3.40. The number of nitrogens with zero attached hydrogens (tertiary/aromatic N) is 1. The quantitative estimate of drug-likeness (QED) is 0.718. The molecule has 0 fully saturated rings. The van der Waals surface area contributed by atoms with Gasteiger partial charge in [-0.15, -0.1) is 0 Å². The van der Waals surface area contributed by atoms with E-state index in [0.717, 1.165) is 10.2 Å². The molecule has 130 valence electrons. The van der Waals surface area contributed by atoms with Gasteiger partial charge in [-0.3, -0.25) is 0 Å². The van der Waals surface area contributed by atoms with Gasteiger partial charge in [-0.1, -0.05) is 35.8 Å². The van der Waals surface area contributed by atoms with Crippen LogP contribution in [0.25, 0.3) is 0 Å². The minimum Gasteiger partial charge on any atom is -0.476 e. The molecule has 0 bridgehead atoms. The van der Waals surface area contributed by atoms with Gasteiger partial charge in [0.05, 0.1) is 11.5 Å². The van der Waals surface area contributed by atoms with Gasteiger partial charge in [0, 0.05) is 10.2 Å². The Bertz CT molecular complexity index is 861. The van der Waals surface area contributed by atoms with Crippen LogP contribution in [-0.2, 0) is 9.84 Å². The van der Waals surface area contributed by atoms with Gasteiger partial charge in [0.25, 0.3) is 0 Å². The number of rotatable bonds is 5. The number of benzene rings is 1. The third kappa shape index (κ3) is 3.81. The summed E-state index contributed by atoms with van der Waals surface area (Å²) in [4.78, 5) is 4.75. The Morgan fingerprint density at radius 2 is 1.88 bits per heavy atom. The summed E-state index contributed by atoms with van der Waals surface area (Å²) in [5.41, 5.74) is 2.05. The second-order valence-electron chi connectivity index (χ2n) is 6.29. The van der Waals surface area contributed by atoms with Gasteiger partial charge in [-0.05, 0) is 56.0 Å². The molecule has 1 aromatic heterocycles. The average molecular weight is 412 g/mol. The molecule has 0 N–H and O–H groups in total. The monoisotopic (exact) mass is 411 g/mol. The molecule has 1 aromatic carbocycles. The first-order chi connectivity index (χ1) is 11.1. The molecule has 2 rings (SSSR count). The lowest BCUT2D eigenvalue weighted by molar-refractivity contribution is 0.253. The molecule has 0 saturated carbocycles. The topological polar surface area (TPSA) is 56.3 Å². The van der Waals surface area contributed by atoms with E-state index in [2.05, 4.69) is 20.9 Å². The summed E-state index contributed by atoms with van der Waals surface area (Å²) < 4.78 is 33.0. The van der Waals surface area contributed by atoms with Crippen LogP contribution in [0.2, 0.25) is 0 Å². The van der Waals surface area contributed by atoms with E-state index in [1.165, 1.54) is 0 Å². The third-order valence-corrected chi connectivity index (χ3v) is 6.50. The molecular weight excluding hydrogens is 390 g/mol. The number of pyridine rings is 1. The highest BCUT2D eigenvalue weighted by molar-refractivity contribution is 9.10. The van der Waals surface area contributed by atoms with Gasteiger partial charge >= 0.3 is 0 Å². The van der Waals surface area contributed by atoms with Crippen LogP contribution >= 0.6 is 15.9 Å². The largest absolute Gasteiger partial charge is 0.476 e. The molecule has 0 amide bonds. The van der Waals surface area contributed by atoms with Crippen molar-refractivity contribution in [3.63, 3.8) is 0 Å². The van der Waals surface area contributed by atoms with Crippen LogP contribution in [0.1, 0.15) is 30.7 Å². The van der Waals surface area contributed by atoms with Crippen molar-refractivity contribution in [1.29, 1.82) is 0 Å². The second kappa shape index (κ2) is 7.23. The zero-order valence-corrected chi connectivity index (χ0v) is 17.0. The molecule has 0 aliphatic rings. The third-order valence-electron chi connectivity index (χ3n) is 3.59. The zero-order valence-electron chi connectivity index (χ0n) is 14.6. The Labute approximate surface area is 152 Å². The predicted octanol–water partition coefficient (Wildman–Crippen LogP) is 4.64. The van der Waals surface area contributed by atoms with E-state index in [0.29, 0.717) is 17.7 Å². The lowest BCUT2D eigenvalue weighted by Gasteiger charge is -2.17. The Hall–Kier alpha value is -1.40. The van der Waals surface area contributed by atoms with E-state index < -0.39 is 9.84 Å². The number of aromatic nitrogens is 1. The predicted molar refractivity (Wildman–Crippen MR) is 98.4 cm³/mol. The van der Waals surface area contributed by atoms with Crippen molar-refractivity contribution in [1.82, 2.24) is 4.98 Å². The van der Waals surface area contributed by atoms with Crippen molar-refractivity contribution < 1.29 is 13.2 Å². The Kier molecular flexibility index (Phi) is 5.71. The van der Waals surface area contributed by atoms with E-state index >= 15 is 0 Å². The van der Waals surface area contributed by atoms with Crippen LogP contribution in [0.3, 0.4) is 0 Å². The van der Waals surface area contributed by atoms with Crippen molar-refractivity contribution in [2.24, 2.45) is 5.92 Å². The summed E-state index contributed by atoms with van der Waals surface area (Å²) in [7, 11) is -3.74. The molecule has 0 radical (unpaired) electrons. The van der Waals surface area contributed by atoms with Crippen molar-refractivity contribution in [2.45, 2.75) is 44.4 Å². The number of halogens is 1. The first-order valence-corrected chi connectivity index (χ1v) is 10.0. The SMILES string of the molecule is Cc1cc(C)c(S(=O)(=O)c2cccc(Br)c2C)c(OCC(C)C)n1. The molecule has 0 atom stereocenters. The lowest BCUT2D eigenvalue weighted by atomic mass is 10.2. The highest BCUT2D eigenvalue weighted by atomic mass is 79.9. The van der Waals surface area contributed by atoms with Gasteiger partial charge in [0.2, 0.25) is 15.7 Å². The van der Waals surface area contributed by atoms with Crippen LogP contribution in [0.15, 0.2) is 38.5 Å². The van der Waals surface area contributed by atoms with Gasteiger partial charge in [0.15, 0.2) is 0 Å². The second-order valence-corrected chi connectivity index (χ2v) is 9.00. The van der Waals surface area contributed by atoms with E-state index in [1.54, 1.807) is 32.0 Å². The molecular formula is C18H22BrNO3S. The van der Waals surface area contributed by atoms with Crippen LogP contribution < -0.4 is 4.74 Å². The van der Waals surface area contributed by atoms with E-state index in [4.69, 9.17) is 4.74 Å². The minimum absolute atomic E-state index is 0.148. The number of ether oxygens (including phenoxy) is 1. The number of aryl methyl sites for hydroxylation is 2. The van der Waals surface area contributed by atoms with Crippen LogP contribution in [-0.4, -0.2) is 20.0 Å². The highest BCUT2D eigenvalue weighted by Crippen LogP contribution is 2.34. The average Bonchev–Trinajstić information content (AvgIpc) is 2.46. The fourth-order valence-corrected chi connectivity index (χ4v) is 4.76. The first-order valence-electron chi connectivity index (χ1n) is 7.75. The molecule has 0 saturated heterocycles. The van der Waals surface area contributed by atoms with E-state index in [9.17, 15) is 8.42 Å². The molecule has 1 heterocycles. The fraction of sp³-hybridized carbons (Fsp3) is 0.389. The van der Waals surface area contributed by atoms with Crippen LogP contribution in [0.5, 0.6) is 5.88 Å². The summed E-state index contributed by atoms with van der Waals surface area (Å²) in [6.07, 6.45) is 0. The first kappa shape index (κ1) is 18.9. The molecule has 0 unspecified atom stereocenters. The highest BCUT2D eigenvalue weighted by Gasteiger charge is 2.28. The molecule has 0 spiro atoms. The standard InChI is InChI=1S/C18H22BrNO3S/c1-11(2)10-23-18-17(12(3)9-13(4)20-18)24(21,22)16-8-6-7-15(19)14(16)5/h6-9,11H,10H2,1-5H3. The lowest BCUT2D eigenvalue weighted by Crippen LogP contribution is -2.13. The number of sulfone groups is 1. The fourth-order valence-electron chi connectivity index (χ4n) is 2.45. The maximum Gasteiger partial charge on any atom is 0.233 e. The van der Waals surface area contributed by atoms with E-state index in [-0.39, 0.29) is 21.6 Å². The summed E-state index contributed by atoms with van der Waals surface area (Å²) in [5.74, 6) is 0.455.